The Labute approximate surface area is 154 Å². The van der Waals surface area contributed by atoms with Crippen molar-refractivity contribution in [2.75, 3.05) is 16.8 Å². The first-order chi connectivity index (χ1) is 12.2. The summed E-state index contributed by atoms with van der Waals surface area (Å²) in [4.78, 5) is 25.8. The van der Waals surface area contributed by atoms with Crippen LogP contribution in [0.2, 0.25) is 0 Å². The average molecular weight is 349 g/mol. The molecule has 2 aromatic carbocycles. The van der Waals surface area contributed by atoms with E-state index < -0.39 is 0 Å². The van der Waals surface area contributed by atoms with Gasteiger partial charge in [0.1, 0.15) is 6.54 Å². The lowest BCUT2D eigenvalue weighted by molar-refractivity contribution is -0.120. The SMILES string of the molecule is CC(=O)N(CC(=O)Nc1ccc(C#N)cc1)c1ccc(C(C)(C)C)cc1. The molecule has 0 saturated carbocycles. The largest absolute Gasteiger partial charge is 0.325 e. The molecule has 0 fully saturated rings. The van der Waals surface area contributed by atoms with Crippen LogP contribution in [0.4, 0.5) is 11.4 Å². The van der Waals surface area contributed by atoms with Gasteiger partial charge >= 0.3 is 0 Å². The molecular weight excluding hydrogens is 326 g/mol. The van der Waals surface area contributed by atoms with Gasteiger partial charge in [-0.2, -0.15) is 5.26 Å². The molecule has 26 heavy (non-hydrogen) atoms. The van der Waals surface area contributed by atoms with Gasteiger partial charge in [-0.1, -0.05) is 32.9 Å². The minimum absolute atomic E-state index is 0.0204. The highest BCUT2D eigenvalue weighted by Crippen LogP contribution is 2.25. The Kier molecular flexibility index (Phi) is 5.78. The molecule has 2 aromatic rings. The van der Waals surface area contributed by atoms with E-state index in [2.05, 4.69) is 26.1 Å². The van der Waals surface area contributed by atoms with Crippen molar-refractivity contribution < 1.29 is 9.59 Å². The highest BCUT2D eigenvalue weighted by Gasteiger charge is 2.18. The van der Waals surface area contributed by atoms with Crippen LogP contribution >= 0.6 is 0 Å². The predicted octanol–water partition coefficient (Wildman–Crippen LogP) is 3.85. The number of carbonyl (C=O) groups excluding carboxylic acids is 2. The van der Waals surface area contributed by atoms with E-state index in [1.54, 1.807) is 24.3 Å². The Balaban J connectivity index is 2.11. The van der Waals surface area contributed by atoms with Gasteiger partial charge in [-0.25, -0.2) is 0 Å². The van der Waals surface area contributed by atoms with Crippen molar-refractivity contribution in [2.45, 2.75) is 33.1 Å². The highest BCUT2D eigenvalue weighted by atomic mass is 16.2. The van der Waals surface area contributed by atoms with E-state index in [-0.39, 0.29) is 23.8 Å². The molecule has 0 radical (unpaired) electrons. The number of hydrogen-bond donors (Lipinski definition) is 1. The van der Waals surface area contributed by atoms with Crippen LogP contribution in [0.1, 0.15) is 38.8 Å². The number of carbonyl (C=O) groups is 2. The maximum absolute atomic E-state index is 12.3. The lowest BCUT2D eigenvalue weighted by atomic mass is 9.87. The minimum Gasteiger partial charge on any atom is -0.325 e. The fraction of sp³-hybridized carbons (Fsp3) is 0.286. The summed E-state index contributed by atoms with van der Waals surface area (Å²) in [5.41, 5.74) is 2.96. The van der Waals surface area contributed by atoms with Crippen LogP contribution in [0.25, 0.3) is 0 Å². The second kappa shape index (κ2) is 7.83. The van der Waals surface area contributed by atoms with Gasteiger partial charge in [0.25, 0.3) is 0 Å². The number of nitrogens with zero attached hydrogens (tertiary/aromatic N) is 2. The second-order valence-corrected chi connectivity index (χ2v) is 7.14. The van der Waals surface area contributed by atoms with E-state index in [0.717, 1.165) is 5.56 Å². The lowest BCUT2D eigenvalue weighted by Gasteiger charge is -2.23. The monoisotopic (exact) mass is 349 g/mol. The van der Waals surface area contributed by atoms with Crippen molar-refractivity contribution in [2.24, 2.45) is 0 Å². The van der Waals surface area contributed by atoms with Crippen LogP contribution in [0, 0.1) is 11.3 Å². The van der Waals surface area contributed by atoms with Crippen LogP contribution in [0.15, 0.2) is 48.5 Å². The quantitative estimate of drug-likeness (QED) is 0.911. The molecule has 0 aliphatic rings. The van der Waals surface area contributed by atoms with Gasteiger partial charge in [0.05, 0.1) is 11.6 Å². The second-order valence-electron chi connectivity index (χ2n) is 7.14. The number of nitriles is 1. The lowest BCUT2D eigenvalue weighted by Crippen LogP contribution is -2.36. The van der Waals surface area contributed by atoms with E-state index in [9.17, 15) is 9.59 Å². The highest BCUT2D eigenvalue weighted by molar-refractivity contribution is 6.01. The minimum atomic E-state index is -0.301. The Morgan fingerprint density at radius 1 is 1.04 bits per heavy atom. The summed E-state index contributed by atoms with van der Waals surface area (Å²) in [6, 6.07) is 16.3. The van der Waals surface area contributed by atoms with Crippen LogP contribution in [0.5, 0.6) is 0 Å². The third kappa shape index (κ3) is 4.93. The van der Waals surface area contributed by atoms with Gasteiger partial charge < -0.3 is 10.2 Å². The van der Waals surface area contributed by atoms with Gasteiger partial charge in [-0.05, 0) is 47.4 Å². The normalized spacial score (nSPS) is 10.7. The van der Waals surface area contributed by atoms with Gasteiger partial charge in [-0.3, -0.25) is 9.59 Å². The molecule has 5 heteroatoms. The average Bonchev–Trinajstić information content (AvgIpc) is 2.59. The van der Waals surface area contributed by atoms with Crippen molar-refractivity contribution in [3.8, 4) is 6.07 Å². The van der Waals surface area contributed by atoms with E-state index >= 15 is 0 Å². The first kappa shape index (κ1) is 19.2. The summed E-state index contributed by atoms with van der Waals surface area (Å²) >= 11 is 0. The Morgan fingerprint density at radius 3 is 2.08 bits per heavy atom. The Hall–Kier alpha value is -3.13. The van der Waals surface area contributed by atoms with Crippen LogP contribution in [0.3, 0.4) is 0 Å². The number of hydrogen-bond acceptors (Lipinski definition) is 3. The van der Waals surface area contributed by atoms with E-state index in [1.165, 1.54) is 11.8 Å². The molecule has 0 saturated heterocycles. The molecule has 1 N–H and O–H groups in total. The Bertz CT molecular complexity index is 826. The molecule has 134 valence electrons. The van der Waals surface area contributed by atoms with E-state index in [0.29, 0.717) is 16.9 Å². The zero-order chi connectivity index (χ0) is 19.3. The molecule has 0 spiro atoms. The molecule has 0 bridgehead atoms. The fourth-order valence-corrected chi connectivity index (χ4v) is 2.50. The third-order valence-corrected chi connectivity index (χ3v) is 4.02. The predicted molar refractivity (Wildman–Crippen MR) is 103 cm³/mol. The zero-order valence-electron chi connectivity index (χ0n) is 15.5. The number of anilines is 2. The number of rotatable bonds is 4. The first-order valence-corrected chi connectivity index (χ1v) is 8.39. The van der Waals surface area contributed by atoms with Crippen LogP contribution < -0.4 is 10.2 Å². The third-order valence-electron chi connectivity index (χ3n) is 4.02. The molecule has 2 amide bonds. The van der Waals surface area contributed by atoms with Crippen LogP contribution in [-0.2, 0) is 15.0 Å². The molecule has 2 rings (SSSR count). The van der Waals surface area contributed by atoms with Crippen LogP contribution in [-0.4, -0.2) is 18.4 Å². The Morgan fingerprint density at radius 2 is 1.62 bits per heavy atom. The molecule has 5 nitrogen and oxygen atoms in total. The van der Waals surface area contributed by atoms with Crippen molar-refractivity contribution in [3.05, 3.63) is 59.7 Å². The fourth-order valence-electron chi connectivity index (χ4n) is 2.50. The molecule has 0 atom stereocenters. The number of nitrogens with one attached hydrogen (secondary N) is 1. The van der Waals surface area contributed by atoms with Crippen molar-refractivity contribution >= 4 is 23.2 Å². The molecule has 0 unspecified atom stereocenters. The first-order valence-electron chi connectivity index (χ1n) is 8.39. The summed E-state index contributed by atoms with van der Waals surface area (Å²) < 4.78 is 0. The van der Waals surface area contributed by atoms with Crippen molar-refractivity contribution in [1.29, 1.82) is 5.26 Å². The van der Waals surface area contributed by atoms with E-state index in [1.807, 2.05) is 30.3 Å². The van der Waals surface area contributed by atoms with Crippen molar-refractivity contribution in [3.63, 3.8) is 0 Å². The van der Waals surface area contributed by atoms with E-state index in [4.69, 9.17) is 5.26 Å². The summed E-state index contributed by atoms with van der Waals surface area (Å²) in [5.74, 6) is -0.506. The zero-order valence-corrected chi connectivity index (χ0v) is 15.5. The molecule has 0 aliphatic carbocycles. The molecule has 0 aromatic heterocycles. The smallest absolute Gasteiger partial charge is 0.244 e. The van der Waals surface area contributed by atoms with Gasteiger partial charge in [-0.15, -0.1) is 0 Å². The summed E-state index contributed by atoms with van der Waals surface area (Å²) in [7, 11) is 0. The van der Waals surface area contributed by atoms with Crippen molar-refractivity contribution in [1.82, 2.24) is 0 Å². The molecular formula is C21H23N3O2. The maximum Gasteiger partial charge on any atom is 0.244 e. The summed E-state index contributed by atoms with van der Waals surface area (Å²) in [5, 5.41) is 11.5. The topological polar surface area (TPSA) is 73.2 Å². The number of amides is 2. The standard InChI is InChI=1S/C21H23N3O2/c1-15(25)24(19-11-7-17(8-12-19)21(2,3)4)14-20(26)23-18-9-5-16(13-22)6-10-18/h5-12H,14H2,1-4H3,(H,23,26). The summed E-state index contributed by atoms with van der Waals surface area (Å²) in [6.45, 7) is 7.72. The molecule has 0 heterocycles. The molecule has 0 aliphatic heterocycles. The number of benzene rings is 2. The van der Waals surface area contributed by atoms with Gasteiger partial charge in [0.15, 0.2) is 0 Å². The maximum atomic E-state index is 12.3. The van der Waals surface area contributed by atoms with Gasteiger partial charge in [0, 0.05) is 18.3 Å². The van der Waals surface area contributed by atoms with Gasteiger partial charge in [0.2, 0.25) is 11.8 Å². The summed E-state index contributed by atoms with van der Waals surface area (Å²) in [6.07, 6.45) is 0.